The fourth-order valence-electron chi connectivity index (χ4n) is 5.34. The number of benzene rings is 4. The van der Waals surface area contributed by atoms with E-state index in [1.165, 1.54) is 9.80 Å². The monoisotopic (exact) mass is 590 g/mol. The highest BCUT2D eigenvalue weighted by atomic mass is 16.7. The van der Waals surface area contributed by atoms with Crippen LogP contribution < -0.4 is 24.6 Å². The summed E-state index contributed by atoms with van der Waals surface area (Å²) in [5.74, 6) is -1.45. The van der Waals surface area contributed by atoms with Crippen LogP contribution >= 0.6 is 0 Å². The number of hydrogen-bond acceptors (Lipinski definition) is 7. The van der Waals surface area contributed by atoms with E-state index in [0.717, 1.165) is 11.3 Å². The van der Waals surface area contributed by atoms with Crippen molar-refractivity contribution in [3.63, 3.8) is 0 Å². The highest BCUT2D eigenvalue weighted by Crippen LogP contribution is 2.37. The lowest BCUT2D eigenvalue weighted by Gasteiger charge is -2.33. The summed E-state index contributed by atoms with van der Waals surface area (Å²) < 4.78 is 11.1. The third-order valence-corrected chi connectivity index (χ3v) is 7.61. The van der Waals surface area contributed by atoms with Gasteiger partial charge in [-0.3, -0.25) is 24.1 Å². The summed E-state index contributed by atoms with van der Waals surface area (Å²) in [6, 6.07) is 27.2. The van der Waals surface area contributed by atoms with E-state index in [1.807, 2.05) is 61.5 Å². The number of fused-ring (bicyclic) bond motifs is 2. The number of rotatable bonds is 9. The number of ketones is 1. The molecular weight excluding hydrogens is 560 g/mol. The summed E-state index contributed by atoms with van der Waals surface area (Å²) in [5.41, 5.74) is 3.38. The normalized spacial score (nSPS) is 13.8. The number of carbonyl (C=O) groups is 4. The maximum atomic E-state index is 14.3. The molecule has 1 atom stereocenters. The van der Waals surface area contributed by atoms with Gasteiger partial charge < -0.3 is 24.6 Å². The van der Waals surface area contributed by atoms with Gasteiger partial charge in [-0.1, -0.05) is 48.5 Å². The molecule has 10 heteroatoms. The molecule has 3 amide bonds. The van der Waals surface area contributed by atoms with Crippen LogP contribution in [-0.4, -0.2) is 55.8 Å². The molecule has 6 rings (SSSR count). The van der Waals surface area contributed by atoms with Crippen LogP contribution in [0.3, 0.4) is 0 Å². The Balaban J connectivity index is 1.39. The topological polar surface area (TPSA) is 108 Å². The predicted octanol–water partition coefficient (Wildman–Crippen LogP) is 4.42. The van der Waals surface area contributed by atoms with Crippen molar-refractivity contribution < 1.29 is 28.7 Å². The molecule has 0 bridgehead atoms. The Hall–Kier alpha value is -5.64. The molecule has 4 aromatic carbocycles. The number of ether oxygens (including phenoxy) is 2. The lowest BCUT2D eigenvalue weighted by atomic mass is 10.0. The van der Waals surface area contributed by atoms with E-state index < -0.39 is 36.1 Å². The van der Waals surface area contributed by atoms with Crippen molar-refractivity contribution in [3.8, 4) is 11.5 Å². The molecule has 0 radical (unpaired) electrons. The van der Waals surface area contributed by atoms with Crippen molar-refractivity contribution in [1.29, 1.82) is 0 Å². The summed E-state index contributed by atoms with van der Waals surface area (Å²) in [6.07, 6.45) is 0. The van der Waals surface area contributed by atoms with E-state index in [1.54, 1.807) is 54.6 Å². The van der Waals surface area contributed by atoms with Crippen LogP contribution in [0.1, 0.15) is 27.5 Å². The minimum Gasteiger partial charge on any atom is -0.454 e. The van der Waals surface area contributed by atoms with Crippen LogP contribution in [-0.2, 0) is 20.9 Å². The Morgan fingerprint density at radius 3 is 2.32 bits per heavy atom. The summed E-state index contributed by atoms with van der Waals surface area (Å²) >= 11 is 0. The van der Waals surface area contributed by atoms with Gasteiger partial charge in [0, 0.05) is 32.0 Å². The van der Waals surface area contributed by atoms with E-state index in [0.29, 0.717) is 28.4 Å². The molecule has 1 unspecified atom stereocenters. The van der Waals surface area contributed by atoms with Crippen LogP contribution in [0.15, 0.2) is 97.1 Å². The maximum Gasteiger partial charge on any atom is 0.299 e. The maximum absolute atomic E-state index is 14.3. The molecular formula is C34H30N4O6. The van der Waals surface area contributed by atoms with Crippen LogP contribution in [0.4, 0.5) is 17.1 Å². The molecule has 0 aliphatic carbocycles. The Morgan fingerprint density at radius 2 is 1.57 bits per heavy atom. The van der Waals surface area contributed by atoms with Gasteiger partial charge in [-0.2, -0.15) is 0 Å². The first-order chi connectivity index (χ1) is 21.3. The Kier molecular flexibility index (Phi) is 7.72. The van der Waals surface area contributed by atoms with Crippen LogP contribution in [0.25, 0.3) is 0 Å². The van der Waals surface area contributed by atoms with Crippen molar-refractivity contribution in [2.45, 2.75) is 12.6 Å². The zero-order valence-corrected chi connectivity index (χ0v) is 24.2. The Morgan fingerprint density at radius 1 is 0.864 bits per heavy atom. The van der Waals surface area contributed by atoms with Gasteiger partial charge in [-0.05, 0) is 59.7 Å². The number of para-hydroxylation sites is 1. The predicted molar refractivity (Wildman–Crippen MR) is 165 cm³/mol. The van der Waals surface area contributed by atoms with E-state index in [9.17, 15) is 19.2 Å². The van der Waals surface area contributed by atoms with Gasteiger partial charge in [-0.15, -0.1) is 0 Å². The summed E-state index contributed by atoms with van der Waals surface area (Å²) in [7, 11) is 3.85. The van der Waals surface area contributed by atoms with Crippen LogP contribution in [0.2, 0.25) is 0 Å². The quantitative estimate of drug-likeness (QED) is 0.288. The van der Waals surface area contributed by atoms with Crippen molar-refractivity contribution in [1.82, 2.24) is 4.90 Å². The van der Waals surface area contributed by atoms with Gasteiger partial charge in [-0.25, -0.2) is 0 Å². The van der Waals surface area contributed by atoms with Gasteiger partial charge in [0.05, 0.1) is 11.3 Å². The van der Waals surface area contributed by atoms with Crippen LogP contribution in [0, 0.1) is 0 Å². The fourth-order valence-corrected chi connectivity index (χ4v) is 5.34. The number of amides is 3. The van der Waals surface area contributed by atoms with Gasteiger partial charge in [0.1, 0.15) is 12.6 Å². The molecule has 0 saturated heterocycles. The first kappa shape index (κ1) is 28.5. The number of carbonyl (C=O) groups excluding carboxylic acids is 4. The lowest BCUT2D eigenvalue weighted by Crippen LogP contribution is -2.46. The number of nitrogens with one attached hydrogen (secondary N) is 1. The van der Waals surface area contributed by atoms with Crippen molar-refractivity contribution in [2.75, 3.05) is 42.5 Å². The van der Waals surface area contributed by atoms with Crippen molar-refractivity contribution in [2.24, 2.45) is 0 Å². The van der Waals surface area contributed by atoms with Gasteiger partial charge in [0.25, 0.3) is 17.6 Å². The standard InChI is InChI=1S/C34H30N4O6/c1-36(2)25-15-13-24(14-16-25)35-33(41)31(23-12-17-28-29(18-23)44-21-43-28)38(19-22-8-4-3-5-9-22)30(39)20-37-27-11-7-6-10-26(27)32(40)34(37)42/h3-18,31H,19-21H2,1-2H3,(H,35,41). The second kappa shape index (κ2) is 11.9. The van der Waals surface area contributed by atoms with Crippen molar-refractivity contribution in [3.05, 3.63) is 114 Å². The summed E-state index contributed by atoms with van der Waals surface area (Å²) in [6.45, 7) is -0.325. The van der Waals surface area contributed by atoms with E-state index in [4.69, 9.17) is 9.47 Å². The van der Waals surface area contributed by atoms with E-state index in [2.05, 4.69) is 5.32 Å². The molecule has 2 aliphatic heterocycles. The minimum atomic E-state index is -1.13. The zero-order valence-electron chi connectivity index (χ0n) is 24.2. The SMILES string of the molecule is CN(C)c1ccc(NC(=O)C(c2ccc3c(c2)OCO3)N(Cc2ccccc2)C(=O)CN2C(=O)C(=O)c3ccccc32)cc1. The average molecular weight is 591 g/mol. The molecule has 1 N–H and O–H groups in total. The first-order valence-corrected chi connectivity index (χ1v) is 14.1. The molecule has 0 aromatic heterocycles. The largest absolute Gasteiger partial charge is 0.454 e. The minimum absolute atomic E-state index is 0.0467. The van der Waals surface area contributed by atoms with E-state index >= 15 is 0 Å². The van der Waals surface area contributed by atoms with Crippen molar-refractivity contribution >= 4 is 40.6 Å². The van der Waals surface area contributed by atoms with Crippen LogP contribution in [0.5, 0.6) is 11.5 Å². The molecule has 4 aromatic rings. The first-order valence-electron chi connectivity index (χ1n) is 14.1. The average Bonchev–Trinajstić information content (AvgIpc) is 3.60. The molecule has 222 valence electrons. The Labute approximate surface area is 254 Å². The second-order valence-electron chi connectivity index (χ2n) is 10.7. The third-order valence-electron chi connectivity index (χ3n) is 7.61. The smallest absolute Gasteiger partial charge is 0.299 e. The molecule has 0 spiro atoms. The molecule has 2 aliphatic rings. The lowest BCUT2D eigenvalue weighted by molar-refractivity contribution is -0.139. The Bertz CT molecular complexity index is 1740. The van der Waals surface area contributed by atoms with Gasteiger partial charge in [0.2, 0.25) is 12.7 Å². The highest BCUT2D eigenvalue weighted by molar-refractivity contribution is 6.52. The fraction of sp³-hybridized carbons (Fsp3) is 0.176. The molecule has 0 fully saturated rings. The van der Waals surface area contributed by atoms with Gasteiger partial charge >= 0.3 is 0 Å². The summed E-state index contributed by atoms with van der Waals surface area (Å²) in [4.78, 5) is 58.7. The molecule has 44 heavy (non-hydrogen) atoms. The summed E-state index contributed by atoms with van der Waals surface area (Å²) in [5, 5.41) is 2.96. The second-order valence-corrected chi connectivity index (χ2v) is 10.7. The number of anilines is 3. The van der Waals surface area contributed by atoms with E-state index in [-0.39, 0.29) is 18.9 Å². The molecule has 2 heterocycles. The number of Topliss-reactive ketones (excluding diaryl/α,β-unsaturated/α-hetero) is 1. The molecule has 10 nitrogen and oxygen atoms in total. The molecule has 0 saturated carbocycles. The van der Waals surface area contributed by atoms with Gasteiger partial charge in [0.15, 0.2) is 11.5 Å². The highest BCUT2D eigenvalue weighted by Gasteiger charge is 2.39. The zero-order chi connectivity index (χ0) is 30.8. The number of hydrogen-bond donors (Lipinski definition) is 1. The third kappa shape index (κ3) is 5.57. The number of nitrogens with zero attached hydrogens (tertiary/aromatic N) is 3.